The van der Waals surface area contributed by atoms with Crippen LogP contribution < -0.4 is 5.73 Å². The van der Waals surface area contributed by atoms with E-state index in [2.05, 4.69) is 4.98 Å². The number of benzene rings is 2. The smallest absolute Gasteiger partial charge is 0.134 e. The van der Waals surface area contributed by atoms with Crippen LogP contribution in [0.2, 0.25) is 5.02 Å². The minimum Gasteiger partial charge on any atom is -0.326 e. The molecular weight excluding hydrogens is 307 g/mol. The fourth-order valence-corrected chi connectivity index (χ4v) is 3.28. The van der Waals surface area contributed by atoms with Crippen molar-refractivity contribution in [1.82, 2.24) is 4.98 Å². The molecule has 0 aliphatic heterocycles. The zero-order valence-corrected chi connectivity index (χ0v) is 12.6. The molecule has 0 fully saturated rings. The molecule has 3 rings (SSSR count). The Bertz CT molecular complexity index is 765. The Morgan fingerprint density at radius 3 is 2.76 bits per heavy atom. The lowest BCUT2D eigenvalue weighted by molar-refractivity contribution is 0.631. The predicted molar refractivity (Wildman–Crippen MR) is 85.8 cm³/mol. The number of nitrogens with two attached hydrogens (primary N) is 1. The second-order valence-corrected chi connectivity index (χ2v) is 5.80. The van der Waals surface area contributed by atoms with Gasteiger partial charge in [-0.1, -0.05) is 35.9 Å². The molecule has 2 nitrogen and oxygen atoms in total. The summed E-state index contributed by atoms with van der Waals surface area (Å²) in [5.74, 6) is -0.362. The molecule has 106 valence electrons. The van der Waals surface area contributed by atoms with Crippen molar-refractivity contribution in [2.24, 2.45) is 5.73 Å². The summed E-state index contributed by atoms with van der Waals surface area (Å²) in [6.07, 6.45) is 0. The lowest BCUT2D eigenvalue weighted by Crippen LogP contribution is -1.95. The van der Waals surface area contributed by atoms with Crippen molar-refractivity contribution < 1.29 is 4.39 Å². The Balaban J connectivity index is 2.04. The van der Waals surface area contributed by atoms with Gasteiger partial charge in [0.15, 0.2) is 0 Å². The Kier molecular flexibility index (Phi) is 4.01. The molecule has 0 unspecified atom stereocenters. The van der Waals surface area contributed by atoms with Crippen LogP contribution in [0.5, 0.6) is 0 Å². The molecule has 21 heavy (non-hydrogen) atoms. The van der Waals surface area contributed by atoms with E-state index in [1.54, 1.807) is 12.1 Å². The quantitative estimate of drug-likeness (QED) is 0.758. The van der Waals surface area contributed by atoms with Crippen LogP contribution in [0.3, 0.4) is 0 Å². The largest absolute Gasteiger partial charge is 0.326 e. The molecule has 5 heteroatoms. The molecule has 0 saturated carbocycles. The highest BCUT2D eigenvalue weighted by Gasteiger charge is 2.14. The van der Waals surface area contributed by atoms with Gasteiger partial charge >= 0.3 is 0 Å². The van der Waals surface area contributed by atoms with Gasteiger partial charge in [0, 0.05) is 17.5 Å². The van der Waals surface area contributed by atoms with Gasteiger partial charge in [0.05, 0.1) is 16.3 Å². The van der Waals surface area contributed by atoms with Gasteiger partial charge in [0.25, 0.3) is 0 Å². The second kappa shape index (κ2) is 5.93. The minimum absolute atomic E-state index is 0.352. The van der Waals surface area contributed by atoms with E-state index in [1.165, 1.54) is 17.4 Å². The molecule has 0 saturated heterocycles. The van der Waals surface area contributed by atoms with E-state index in [4.69, 9.17) is 17.3 Å². The summed E-state index contributed by atoms with van der Waals surface area (Å²) in [5.41, 5.74) is 8.80. The Hall–Kier alpha value is -1.75. The molecule has 2 aromatic carbocycles. The van der Waals surface area contributed by atoms with Crippen molar-refractivity contribution in [2.75, 3.05) is 0 Å². The van der Waals surface area contributed by atoms with E-state index >= 15 is 0 Å². The molecule has 0 radical (unpaired) electrons. The first-order valence-electron chi connectivity index (χ1n) is 6.38. The van der Waals surface area contributed by atoms with Crippen LogP contribution in [0.4, 0.5) is 4.39 Å². The van der Waals surface area contributed by atoms with Gasteiger partial charge in [-0.25, -0.2) is 9.37 Å². The molecule has 0 aliphatic carbocycles. The SMILES string of the molecule is NCc1cccc(-c2csc(-c3c(F)cccc3Cl)n2)c1. The molecule has 3 aromatic rings. The van der Waals surface area contributed by atoms with E-state index in [-0.39, 0.29) is 5.82 Å². The Labute approximate surface area is 131 Å². The number of halogens is 2. The van der Waals surface area contributed by atoms with Crippen LogP contribution in [0, 0.1) is 5.82 Å². The van der Waals surface area contributed by atoms with Crippen LogP contribution in [0.1, 0.15) is 5.56 Å². The Morgan fingerprint density at radius 1 is 1.19 bits per heavy atom. The zero-order chi connectivity index (χ0) is 14.8. The van der Waals surface area contributed by atoms with E-state index < -0.39 is 0 Å². The first-order valence-corrected chi connectivity index (χ1v) is 7.64. The summed E-state index contributed by atoms with van der Waals surface area (Å²) in [6, 6.07) is 12.5. The zero-order valence-electron chi connectivity index (χ0n) is 11.0. The van der Waals surface area contributed by atoms with Crippen molar-refractivity contribution in [3.05, 3.63) is 64.2 Å². The number of hydrogen-bond acceptors (Lipinski definition) is 3. The van der Waals surface area contributed by atoms with E-state index in [1.807, 2.05) is 29.6 Å². The first-order chi connectivity index (χ1) is 10.2. The van der Waals surface area contributed by atoms with Crippen LogP contribution in [-0.2, 0) is 6.54 Å². The average molecular weight is 319 g/mol. The molecule has 0 bridgehead atoms. The average Bonchev–Trinajstić information content (AvgIpc) is 2.97. The van der Waals surface area contributed by atoms with E-state index in [9.17, 15) is 4.39 Å². The number of nitrogens with zero attached hydrogens (tertiary/aromatic N) is 1. The lowest BCUT2D eigenvalue weighted by Gasteiger charge is -2.02. The van der Waals surface area contributed by atoms with Gasteiger partial charge in [-0.3, -0.25) is 0 Å². The predicted octanol–water partition coefficient (Wildman–Crippen LogP) is 4.73. The number of aromatic nitrogens is 1. The molecule has 1 aromatic heterocycles. The summed E-state index contributed by atoms with van der Waals surface area (Å²) in [5, 5.41) is 2.84. The third-order valence-corrected chi connectivity index (χ3v) is 4.31. The summed E-state index contributed by atoms with van der Waals surface area (Å²) in [7, 11) is 0. The maximum atomic E-state index is 13.9. The summed E-state index contributed by atoms with van der Waals surface area (Å²) < 4.78 is 13.9. The van der Waals surface area contributed by atoms with Gasteiger partial charge in [0.2, 0.25) is 0 Å². The highest BCUT2D eigenvalue weighted by Crippen LogP contribution is 2.35. The van der Waals surface area contributed by atoms with Crippen LogP contribution in [-0.4, -0.2) is 4.98 Å². The van der Waals surface area contributed by atoms with Crippen LogP contribution >= 0.6 is 22.9 Å². The monoisotopic (exact) mass is 318 g/mol. The van der Waals surface area contributed by atoms with Crippen LogP contribution in [0.25, 0.3) is 21.8 Å². The van der Waals surface area contributed by atoms with Gasteiger partial charge in [-0.2, -0.15) is 0 Å². The topological polar surface area (TPSA) is 38.9 Å². The highest BCUT2D eigenvalue weighted by atomic mass is 35.5. The fraction of sp³-hybridized carbons (Fsp3) is 0.0625. The normalized spacial score (nSPS) is 10.8. The van der Waals surface area contributed by atoms with Gasteiger partial charge < -0.3 is 5.73 Å². The van der Waals surface area contributed by atoms with Crippen LogP contribution in [0.15, 0.2) is 47.8 Å². The van der Waals surface area contributed by atoms with Gasteiger partial charge in [-0.15, -0.1) is 11.3 Å². The molecule has 0 spiro atoms. The number of rotatable bonds is 3. The third kappa shape index (κ3) is 2.83. The number of hydrogen-bond donors (Lipinski definition) is 1. The fourth-order valence-electron chi connectivity index (χ4n) is 2.08. The molecule has 0 aliphatic rings. The van der Waals surface area contributed by atoms with Gasteiger partial charge in [0.1, 0.15) is 10.8 Å². The summed E-state index contributed by atoms with van der Waals surface area (Å²) in [6.45, 7) is 0.476. The lowest BCUT2D eigenvalue weighted by atomic mass is 10.1. The molecule has 0 amide bonds. The second-order valence-electron chi connectivity index (χ2n) is 4.54. The van der Waals surface area contributed by atoms with E-state index in [0.717, 1.165) is 16.8 Å². The Morgan fingerprint density at radius 2 is 2.00 bits per heavy atom. The van der Waals surface area contributed by atoms with Crippen molar-refractivity contribution in [3.63, 3.8) is 0 Å². The van der Waals surface area contributed by atoms with Crippen molar-refractivity contribution in [2.45, 2.75) is 6.54 Å². The maximum Gasteiger partial charge on any atom is 0.134 e. The molecule has 0 atom stereocenters. The molecule has 1 heterocycles. The van der Waals surface area contributed by atoms with Crippen molar-refractivity contribution in [1.29, 1.82) is 0 Å². The standard InChI is InChI=1S/C16H12ClFN2S/c17-12-5-2-6-13(18)15(12)16-20-14(9-21-16)11-4-1-3-10(7-11)8-19/h1-7,9H,8,19H2. The molecular formula is C16H12ClFN2S. The summed E-state index contributed by atoms with van der Waals surface area (Å²) in [4.78, 5) is 4.50. The van der Waals surface area contributed by atoms with E-state index in [0.29, 0.717) is 22.1 Å². The maximum absolute atomic E-state index is 13.9. The highest BCUT2D eigenvalue weighted by molar-refractivity contribution is 7.13. The number of thiazole rings is 1. The van der Waals surface area contributed by atoms with Crippen molar-refractivity contribution >= 4 is 22.9 Å². The minimum atomic E-state index is -0.362. The van der Waals surface area contributed by atoms with Crippen molar-refractivity contribution in [3.8, 4) is 21.8 Å². The molecule has 2 N–H and O–H groups in total. The third-order valence-electron chi connectivity index (χ3n) is 3.14. The first kappa shape index (κ1) is 14.2. The summed E-state index contributed by atoms with van der Waals surface area (Å²) >= 11 is 7.45. The van der Waals surface area contributed by atoms with Gasteiger partial charge in [-0.05, 0) is 23.8 Å².